The van der Waals surface area contributed by atoms with Crippen molar-refractivity contribution in [2.24, 2.45) is 0 Å². The highest BCUT2D eigenvalue weighted by Crippen LogP contribution is 2.44. The molecular weight excluding hydrogens is 399 g/mol. The zero-order chi connectivity index (χ0) is 21.4. The van der Waals surface area contributed by atoms with Gasteiger partial charge in [-0.05, 0) is 54.1 Å². The molecule has 0 atom stereocenters. The van der Waals surface area contributed by atoms with Crippen molar-refractivity contribution in [1.82, 2.24) is 9.97 Å². The summed E-state index contributed by atoms with van der Waals surface area (Å²) < 4.78 is 25.2. The van der Waals surface area contributed by atoms with E-state index in [1.807, 2.05) is 18.2 Å². The summed E-state index contributed by atoms with van der Waals surface area (Å²) in [6.45, 7) is -0.0659. The average molecular weight is 412 g/mol. The number of nitriles is 1. The number of ether oxygens (including phenoxy) is 2. The first-order valence-electron chi connectivity index (χ1n) is 9.30. The molecule has 2 aromatic heterocycles. The molecule has 8 heteroatoms. The van der Waals surface area contributed by atoms with Gasteiger partial charge in [0.25, 0.3) is 5.91 Å². The van der Waals surface area contributed by atoms with Crippen molar-refractivity contribution in [2.45, 2.75) is 0 Å². The highest BCUT2D eigenvalue weighted by atomic mass is 19.1. The van der Waals surface area contributed by atoms with Crippen molar-refractivity contribution in [3.63, 3.8) is 0 Å². The fourth-order valence-corrected chi connectivity index (χ4v) is 3.38. The van der Waals surface area contributed by atoms with Gasteiger partial charge >= 0.3 is 0 Å². The van der Waals surface area contributed by atoms with Gasteiger partial charge in [0.1, 0.15) is 17.7 Å². The van der Waals surface area contributed by atoms with Crippen LogP contribution in [0.5, 0.6) is 11.5 Å². The van der Waals surface area contributed by atoms with E-state index in [0.717, 1.165) is 5.39 Å². The minimum atomic E-state index is -0.634. The van der Waals surface area contributed by atoms with Crippen molar-refractivity contribution < 1.29 is 18.7 Å². The Morgan fingerprint density at radius 2 is 1.97 bits per heavy atom. The van der Waals surface area contributed by atoms with E-state index in [0.29, 0.717) is 28.3 Å². The summed E-state index contributed by atoms with van der Waals surface area (Å²) in [5.41, 5.74) is 1.79. The Balaban J connectivity index is 1.49. The van der Waals surface area contributed by atoms with E-state index >= 15 is 0 Å². The normalized spacial score (nSPS) is 11.9. The molecule has 150 valence electrons. The Hall–Kier alpha value is -4.51. The van der Waals surface area contributed by atoms with Crippen LogP contribution in [-0.4, -0.2) is 22.7 Å². The number of carbonyl (C=O) groups is 1. The van der Waals surface area contributed by atoms with Crippen molar-refractivity contribution in [1.29, 1.82) is 5.26 Å². The van der Waals surface area contributed by atoms with Gasteiger partial charge < -0.3 is 14.8 Å². The molecule has 0 aliphatic carbocycles. The number of hydrogen-bond donors (Lipinski definition) is 1. The third-order valence-electron chi connectivity index (χ3n) is 4.87. The smallest absolute Gasteiger partial charge is 0.260 e. The quantitative estimate of drug-likeness (QED) is 0.539. The van der Waals surface area contributed by atoms with E-state index in [-0.39, 0.29) is 23.7 Å². The maximum absolute atomic E-state index is 14.1. The summed E-state index contributed by atoms with van der Waals surface area (Å²) in [6, 6.07) is 16.5. The van der Waals surface area contributed by atoms with Crippen LogP contribution in [0.25, 0.3) is 22.2 Å². The van der Waals surface area contributed by atoms with Gasteiger partial charge in [0.2, 0.25) is 6.79 Å². The molecule has 5 rings (SSSR count). The Bertz CT molecular complexity index is 1400. The molecule has 1 aliphatic rings. The van der Waals surface area contributed by atoms with Gasteiger partial charge in [-0.25, -0.2) is 14.4 Å². The second kappa shape index (κ2) is 7.39. The predicted molar refractivity (Wildman–Crippen MR) is 110 cm³/mol. The van der Waals surface area contributed by atoms with Crippen LogP contribution < -0.4 is 14.8 Å². The summed E-state index contributed by atoms with van der Waals surface area (Å²) in [7, 11) is 0. The largest absolute Gasteiger partial charge is 0.453 e. The summed E-state index contributed by atoms with van der Waals surface area (Å²) in [5.74, 6) is -0.113. The maximum atomic E-state index is 14.1. The zero-order valence-electron chi connectivity index (χ0n) is 15.9. The summed E-state index contributed by atoms with van der Waals surface area (Å²) in [6.07, 6.45) is 1.63. The Morgan fingerprint density at radius 1 is 1.10 bits per heavy atom. The Kier molecular flexibility index (Phi) is 4.41. The lowest BCUT2D eigenvalue weighted by Crippen LogP contribution is -2.14. The molecule has 0 radical (unpaired) electrons. The second-order valence-electron chi connectivity index (χ2n) is 6.73. The minimum absolute atomic E-state index is 0.0501. The van der Waals surface area contributed by atoms with Crippen LogP contribution >= 0.6 is 0 Å². The van der Waals surface area contributed by atoms with E-state index < -0.39 is 11.7 Å². The highest BCUT2D eigenvalue weighted by molar-refractivity contribution is 6.07. The molecule has 0 spiro atoms. The van der Waals surface area contributed by atoms with Crippen LogP contribution in [0.3, 0.4) is 0 Å². The van der Waals surface area contributed by atoms with E-state index in [1.165, 1.54) is 12.1 Å². The van der Waals surface area contributed by atoms with Crippen LogP contribution in [0.15, 0.2) is 60.8 Å². The molecule has 4 aromatic rings. The third kappa shape index (κ3) is 3.28. The molecule has 1 aliphatic heterocycles. The van der Waals surface area contributed by atoms with Gasteiger partial charge in [-0.2, -0.15) is 5.26 Å². The molecule has 1 amide bonds. The Morgan fingerprint density at radius 3 is 2.81 bits per heavy atom. The number of aromatic nitrogens is 2. The number of halogens is 1. The number of carbonyl (C=O) groups excluding carboxylic acids is 1. The third-order valence-corrected chi connectivity index (χ3v) is 4.87. The lowest BCUT2D eigenvalue weighted by atomic mass is 10.00. The van der Waals surface area contributed by atoms with Crippen molar-refractivity contribution in [2.75, 3.05) is 12.1 Å². The molecule has 7 nitrogen and oxygen atoms in total. The standard InChI is InChI=1S/C23H13FN4O3/c24-18-10-14(3-4-15(18)11-25)16-6-7-17(21-20(16)30-12-31-21)23(29)28-19-8-5-13-2-1-9-26-22(13)27-19/h1-10H,12H2,(H,26,27,28,29). The molecule has 0 unspecified atom stereocenters. The molecule has 0 bridgehead atoms. The average Bonchev–Trinajstić information content (AvgIpc) is 3.28. The van der Waals surface area contributed by atoms with E-state index in [4.69, 9.17) is 14.7 Å². The lowest BCUT2D eigenvalue weighted by Gasteiger charge is -2.11. The van der Waals surface area contributed by atoms with Gasteiger partial charge in [-0.15, -0.1) is 0 Å². The number of anilines is 1. The number of pyridine rings is 2. The fraction of sp³-hybridized carbons (Fsp3) is 0.0435. The fourth-order valence-electron chi connectivity index (χ4n) is 3.38. The lowest BCUT2D eigenvalue weighted by molar-refractivity contribution is 0.102. The van der Waals surface area contributed by atoms with E-state index in [1.54, 1.807) is 36.5 Å². The van der Waals surface area contributed by atoms with Gasteiger partial charge in [-0.1, -0.05) is 6.07 Å². The second-order valence-corrected chi connectivity index (χ2v) is 6.73. The maximum Gasteiger partial charge on any atom is 0.260 e. The number of hydrogen-bond acceptors (Lipinski definition) is 6. The Labute approximate surface area is 175 Å². The first-order valence-corrected chi connectivity index (χ1v) is 9.30. The molecule has 0 saturated carbocycles. The molecule has 2 aromatic carbocycles. The zero-order valence-corrected chi connectivity index (χ0v) is 15.9. The highest BCUT2D eigenvalue weighted by Gasteiger charge is 2.26. The summed E-state index contributed by atoms with van der Waals surface area (Å²) in [4.78, 5) is 21.4. The number of benzene rings is 2. The SMILES string of the molecule is N#Cc1ccc(-c2ccc(C(=O)Nc3ccc4cccnc4n3)c3c2OCO3)cc1F. The van der Waals surface area contributed by atoms with E-state index in [9.17, 15) is 9.18 Å². The number of rotatable bonds is 3. The van der Waals surface area contributed by atoms with Crippen LogP contribution in [0.1, 0.15) is 15.9 Å². The van der Waals surface area contributed by atoms with Crippen molar-refractivity contribution >= 4 is 22.8 Å². The molecule has 1 N–H and O–H groups in total. The van der Waals surface area contributed by atoms with Gasteiger partial charge in [-0.3, -0.25) is 4.79 Å². The van der Waals surface area contributed by atoms with Crippen LogP contribution in [0.2, 0.25) is 0 Å². The number of nitrogens with one attached hydrogen (secondary N) is 1. The van der Waals surface area contributed by atoms with Gasteiger partial charge in [0.15, 0.2) is 17.1 Å². The van der Waals surface area contributed by atoms with Crippen LogP contribution in [0, 0.1) is 17.1 Å². The van der Waals surface area contributed by atoms with Crippen molar-refractivity contribution in [3.8, 4) is 28.7 Å². The topological polar surface area (TPSA) is 97.1 Å². The number of nitrogens with zero attached hydrogens (tertiary/aromatic N) is 3. The van der Waals surface area contributed by atoms with Gasteiger partial charge in [0, 0.05) is 17.1 Å². The molecule has 31 heavy (non-hydrogen) atoms. The number of amides is 1. The molecule has 0 fully saturated rings. The predicted octanol–water partition coefficient (Wildman–Crippen LogP) is 4.29. The first kappa shape index (κ1) is 18.5. The number of fused-ring (bicyclic) bond motifs is 2. The van der Waals surface area contributed by atoms with Gasteiger partial charge in [0.05, 0.1) is 11.1 Å². The van der Waals surface area contributed by atoms with E-state index in [2.05, 4.69) is 15.3 Å². The summed E-state index contributed by atoms with van der Waals surface area (Å²) in [5, 5.41) is 12.5. The van der Waals surface area contributed by atoms with Crippen LogP contribution in [-0.2, 0) is 0 Å². The monoisotopic (exact) mass is 412 g/mol. The molecule has 0 saturated heterocycles. The summed E-state index contributed by atoms with van der Waals surface area (Å²) >= 11 is 0. The minimum Gasteiger partial charge on any atom is -0.453 e. The molecular formula is C23H13FN4O3. The first-order chi connectivity index (χ1) is 15.1. The van der Waals surface area contributed by atoms with Crippen LogP contribution in [0.4, 0.5) is 10.2 Å². The molecule has 3 heterocycles. The van der Waals surface area contributed by atoms with Crippen molar-refractivity contribution in [3.05, 3.63) is 77.7 Å².